The summed E-state index contributed by atoms with van der Waals surface area (Å²) in [5.74, 6) is -1.13. The van der Waals surface area contributed by atoms with Crippen molar-refractivity contribution in [1.82, 2.24) is 10.2 Å². The van der Waals surface area contributed by atoms with Crippen LogP contribution in [0.5, 0.6) is 0 Å². The summed E-state index contributed by atoms with van der Waals surface area (Å²) in [5, 5.41) is 0. The zero-order valence-electron chi connectivity index (χ0n) is 17.1. The molecule has 1 amide bonds. The number of nitrogens with two attached hydrogens (primary N) is 2. The Morgan fingerprint density at radius 2 is 1.65 bits per heavy atom. The van der Waals surface area contributed by atoms with Crippen molar-refractivity contribution in [3.8, 4) is 0 Å². The highest BCUT2D eigenvalue weighted by molar-refractivity contribution is 7.89. The summed E-state index contributed by atoms with van der Waals surface area (Å²) >= 11 is 0. The Morgan fingerprint density at radius 3 is 2.32 bits per heavy atom. The summed E-state index contributed by atoms with van der Waals surface area (Å²) in [7, 11) is -3.95. The second-order valence-electron chi connectivity index (χ2n) is 6.98. The van der Waals surface area contributed by atoms with Crippen LogP contribution in [-0.4, -0.2) is 32.9 Å². The fourth-order valence-corrected chi connectivity index (χ4v) is 4.04. The van der Waals surface area contributed by atoms with E-state index in [9.17, 15) is 18.0 Å². The maximum absolute atomic E-state index is 12.7. The fraction of sp³-hybridized carbons (Fsp3) is 0.333. The molecule has 0 aliphatic carbocycles. The number of carbonyl (C=O) groups excluding carboxylic acids is 2. The first-order valence-corrected chi connectivity index (χ1v) is 11.4. The lowest BCUT2D eigenvalue weighted by molar-refractivity contribution is -0.153. The first kappa shape index (κ1) is 24.3. The third kappa shape index (κ3) is 8.36. The van der Waals surface area contributed by atoms with Gasteiger partial charge in [-0.3, -0.25) is 4.79 Å². The highest BCUT2D eigenvalue weighted by Gasteiger charge is 2.28. The van der Waals surface area contributed by atoms with E-state index in [4.69, 9.17) is 16.3 Å². The van der Waals surface area contributed by atoms with Crippen molar-refractivity contribution in [2.24, 2.45) is 5.73 Å². The van der Waals surface area contributed by atoms with E-state index in [-0.39, 0.29) is 17.2 Å². The van der Waals surface area contributed by atoms with E-state index in [0.717, 1.165) is 6.42 Å². The number of benzene rings is 2. The van der Waals surface area contributed by atoms with E-state index >= 15 is 0 Å². The molecule has 0 spiro atoms. The van der Waals surface area contributed by atoms with Gasteiger partial charge in [-0.05, 0) is 36.6 Å². The van der Waals surface area contributed by atoms with Gasteiger partial charge in [-0.25, -0.2) is 13.2 Å². The van der Waals surface area contributed by atoms with Crippen molar-refractivity contribution in [1.29, 1.82) is 0 Å². The van der Waals surface area contributed by atoms with Crippen molar-refractivity contribution in [2.75, 3.05) is 12.3 Å². The number of amides is 1. The lowest BCUT2D eigenvalue weighted by Crippen LogP contribution is -2.45. The molecule has 0 bridgehead atoms. The van der Waals surface area contributed by atoms with E-state index in [1.54, 1.807) is 42.5 Å². The van der Waals surface area contributed by atoms with Crippen LogP contribution in [0.15, 0.2) is 59.5 Å². The molecule has 0 heterocycles. The van der Waals surface area contributed by atoms with Crippen molar-refractivity contribution < 1.29 is 22.8 Å². The average Bonchev–Trinajstić information content (AvgIpc) is 2.74. The van der Waals surface area contributed by atoms with Gasteiger partial charge in [-0.1, -0.05) is 42.8 Å². The predicted molar refractivity (Wildman–Crippen MR) is 117 cm³/mol. The molecule has 0 fully saturated rings. The van der Waals surface area contributed by atoms with Crippen LogP contribution < -0.4 is 21.7 Å². The quantitative estimate of drug-likeness (QED) is 0.204. The van der Waals surface area contributed by atoms with Crippen LogP contribution in [0.3, 0.4) is 0 Å². The number of sulfonamides is 1. The molecule has 0 aromatic heterocycles. The van der Waals surface area contributed by atoms with Gasteiger partial charge in [0.05, 0.1) is 4.90 Å². The van der Waals surface area contributed by atoms with Crippen LogP contribution in [0, 0.1) is 0 Å². The standard InChI is InChI=1S/C21H28N4O5S/c22-18-12-7-6-9-16(18)15-19(25-31(28,29)17-10-3-1-4-11-17)21(27)30-24-14-8-2-5-13-20(23)26/h1,3-4,6-7,9-12,19,24-25H,2,5,8,13-15,22H2,(H2,23,26)/t19-/m0/s1. The molecule has 168 valence electrons. The molecular formula is C21H28N4O5S. The largest absolute Gasteiger partial charge is 0.399 e. The highest BCUT2D eigenvalue weighted by atomic mass is 32.2. The fourth-order valence-electron chi connectivity index (χ4n) is 2.83. The maximum atomic E-state index is 12.7. The van der Waals surface area contributed by atoms with Gasteiger partial charge < -0.3 is 16.3 Å². The summed E-state index contributed by atoms with van der Waals surface area (Å²) in [6.07, 6.45) is 2.38. The summed E-state index contributed by atoms with van der Waals surface area (Å²) in [6.45, 7) is 0.357. The van der Waals surface area contributed by atoms with Gasteiger partial charge in [0.2, 0.25) is 15.9 Å². The van der Waals surface area contributed by atoms with Gasteiger partial charge in [0.15, 0.2) is 0 Å². The van der Waals surface area contributed by atoms with Crippen LogP contribution in [0.4, 0.5) is 5.69 Å². The number of anilines is 1. The molecule has 31 heavy (non-hydrogen) atoms. The third-order valence-corrected chi connectivity index (χ3v) is 5.98. The second kappa shape index (κ2) is 12.0. The minimum absolute atomic E-state index is 0.0257. The predicted octanol–water partition coefficient (Wildman–Crippen LogP) is 1.25. The molecule has 2 aromatic carbocycles. The topological polar surface area (TPSA) is 154 Å². The number of unbranched alkanes of at least 4 members (excludes halogenated alkanes) is 2. The van der Waals surface area contributed by atoms with Gasteiger partial charge in [0.1, 0.15) is 6.04 Å². The molecule has 0 saturated heterocycles. The number of carbonyl (C=O) groups is 2. The van der Waals surface area contributed by atoms with Crippen LogP contribution in [0.2, 0.25) is 0 Å². The van der Waals surface area contributed by atoms with Gasteiger partial charge in [0.25, 0.3) is 0 Å². The third-order valence-electron chi connectivity index (χ3n) is 4.49. The molecule has 10 heteroatoms. The van der Waals surface area contributed by atoms with Crippen LogP contribution >= 0.6 is 0 Å². The first-order chi connectivity index (χ1) is 14.8. The maximum Gasteiger partial charge on any atom is 0.343 e. The summed E-state index contributed by atoms with van der Waals surface area (Å²) in [4.78, 5) is 28.5. The normalized spacial score (nSPS) is 12.3. The molecule has 1 atom stereocenters. The molecule has 2 rings (SSSR count). The van der Waals surface area contributed by atoms with Crippen molar-refractivity contribution >= 4 is 27.6 Å². The first-order valence-electron chi connectivity index (χ1n) is 9.92. The Labute approximate surface area is 182 Å². The van der Waals surface area contributed by atoms with E-state index in [1.807, 2.05) is 0 Å². The number of nitrogen functional groups attached to an aromatic ring is 1. The monoisotopic (exact) mass is 448 g/mol. The van der Waals surface area contributed by atoms with Gasteiger partial charge in [0, 0.05) is 25.1 Å². The minimum Gasteiger partial charge on any atom is -0.399 e. The Hall–Kier alpha value is -2.95. The lowest BCUT2D eigenvalue weighted by Gasteiger charge is -2.18. The summed E-state index contributed by atoms with van der Waals surface area (Å²) < 4.78 is 27.8. The van der Waals surface area contributed by atoms with Gasteiger partial charge in [-0.15, -0.1) is 0 Å². The Kier molecular flexibility index (Phi) is 9.44. The number of para-hydroxylation sites is 1. The van der Waals surface area contributed by atoms with Crippen molar-refractivity contribution in [3.63, 3.8) is 0 Å². The zero-order valence-corrected chi connectivity index (χ0v) is 17.9. The zero-order chi connectivity index (χ0) is 22.7. The van der Waals surface area contributed by atoms with Crippen LogP contribution in [0.25, 0.3) is 0 Å². The number of primary amides is 1. The number of nitrogens with one attached hydrogen (secondary N) is 2. The lowest BCUT2D eigenvalue weighted by atomic mass is 10.1. The molecule has 0 aliphatic heterocycles. The molecular weight excluding hydrogens is 420 g/mol. The number of rotatable bonds is 13. The summed E-state index contributed by atoms with van der Waals surface area (Å²) in [5.41, 5.74) is 14.7. The molecule has 9 nitrogen and oxygen atoms in total. The Bertz CT molecular complexity index is 967. The van der Waals surface area contributed by atoms with Crippen molar-refractivity contribution in [2.45, 2.75) is 43.0 Å². The smallest absolute Gasteiger partial charge is 0.343 e. The SMILES string of the molecule is NC(=O)CCCCCNOC(=O)[C@H](Cc1ccccc1N)NS(=O)(=O)c1ccccc1. The minimum atomic E-state index is -3.95. The van der Waals surface area contributed by atoms with Crippen molar-refractivity contribution in [3.05, 3.63) is 60.2 Å². The van der Waals surface area contributed by atoms with E-state index in [2.05, 4.69) is 10.2 Å². The molecule has 6 N–H and O–H groups in total. The molecule has 2 aromatic rings. The molecule has 0 aliphatic rings. The second-order valence-corrected chi connectivity index (χ2v) is 8.70. The van der Waals surface area contributed by atoms with Crippen LogP contribution in [-0.2, 0) is 30.9 Å². The highest BCUT2D eigenvalue weighted by Crippen LogP contribution is 2.16. The summed E-state index contributed by atoms with van der Waals surface area (Å²) in [6, 6.07) is 13.5. The van der Waals surface area contributed by atoms with E-state index in [1.165, 1.54) is 12.1 Å². The van der Waals surface area contributed by atoms with Crippen LogP contribution in [0.1, 0.15) is 31.2 Å². The van der Waals surface area contributed by atoms with E-state index < -0.39 is 22.0 Å². The van der Waals surface area contributed by atoms with Gasteiger partial charge >= 0.3 is 5.97 Å². The number of hydrogen-bond donors (Lipinski definition) is 4. The molecule has 0 saturated carbocycles. The molecule has 0 radical (unpaired) electrons. The number of hydrogen-bond acceptors (Lipinski definition) is 7. The Morgan fingerprint density at radius 1 is 0.968 bits per heavy atom. The Balaban J connectivity index is 2.01. The van der Waals surface area contributed by atoms with Gasteiger partial charge in [-0.2, -0.15) is 10.2 Å². The van der Waals surface area contributed by atoms with E-state index in [0.29, 0.717) is 37.1 Å². The molecule has 0 unspecified atom stereocenters. The number of hydroxylamine groups is 1. The average molecular weight is 449 g/mol.